The number of rotatable bonds is 5. The Balaban J connectivity index is 2.35. The maximum absolute atomic E-state index is 11.7. The number of carbonyl (C=O) groups is 1. The van der Waals surface area contributed by atoms with Crippen molar-refractivity contribution in [3.05, 3.63) is 0 Å². The fraction of sp³-hybridized carbons (Fsp3) is 0.900. The van der Waals surface area contributed by atoms with E-state index in [2.05, 4.69) is 10.1 Å². The van der Waals surface area contributed by atoms with Crippen LogP contribution in [0, 0.1) is 0 Å². The predicted molar refractivity (Wildman–Crippen MR) is 60.9 cm³/mol. The van der Waals surface area contributed by atoms with Gasteiger partial charge in [-0.1, -0.05) is 6.42 Å². The standard InChI is InChI=1S/C10H19NO4S/c1-15-10(12)5-7-16(13,14)8-9-4-2-3-6-11-9/h9,11H,2-8H2,1H3/t9-/m1/s1. The Kier molecular flexibility index (Phi) is 5.21. The van der Waals surface area contributed by atoms with Crippen molar-refractivity contribution in [2.75, 3.05) is 25.2 Å². The van der Waals surface area contributed by atoms with Gasteiger partial charge < -0.3 is 10.1 Å². The largest absolute Gasteiger partial charge is 0.469 e. The molecule has 1 atom stereocenters. The lowest BCUT2D eigenvalue weighted by Gasteiger charge is -2.23. The molecule has 1 rings (SSSR count). The number of piperidine rings is 1. The van der Waals surface area contributed by atoms with Crippen LogP contribution in [0.15, 0.2) is 0 Å². The van der Waals surface area contributed by atoms with Gasteiger partial charge >= 0.3 is 5.97 Å². The summed E-state index contributed by atoms with van der Waals surface area (Å²) in [4.78, 5) is 10.8. The van der Waals surface area contributed by atoms with Gasteiger partial charge in [-0.15, -0.1) is 0 Å². The van der Waals surface area contributed by atoms with Gasteiger partial charge in [0.05, 0.1) is 25.0 Å². The van der Waals surface area contributed by atoms with E-state index in [-0.39, 0.29) is 24.0 Å². The topological polar surface area (TPSA) is 72.5 Å². The average molecular weight is 249 g/mol. The Bertz CT molecular complexity index is 320. The molecule has 1 heterocycles. The van der Waals surface area contributed by atoms with Crippen LogP contribution in [-0.2, 0) is 19.4 Å². The third kappa shape index (κ3) is 4.94. The molecule has 0 aliphatic carbocycles. The summed E-state index contributed by atoms with van der Waals surface area (Å²) in [6, 6.07) is 0.0522. The first-order chi connectivity index (χ1) is 7.53. The highest BCUT2D eigenvalue weighted by Gasteiger charge is 2.21. The number of hydrogen-bond acceptors (Lipinski definition) is 5. The molecule has 0 aromatic heterocycles. The molecule has 16 heavy (non-hydrogen) atoms. The second kappa shape index (κ2) is 6.20. The summed E-state index contributed by atoms with van der Waals surface area (Å²) in [5, 5.41) is 3.18. The molecular formula is C10H19NO4S. The zero-order valence-corrected chi connectivity index (χ0v) is 10.4. The van der Waals surface area contributed by atoms with Gasteiger partial charge in [-0.2, -0.15) is 0 Å². The molecule has 5 nitrogen and oxygen atoms in total. The minimum atomic E-state index is -3.15. The molecule has 0 aromatic carbocycles. The zero-order chi connectivity index (χ0) is 12.0. The third-order valence-corrected chi connectivity index (χ3v) is 4.45. The second-order valence-electron chi connectivity index (χ2n) is 4.09. The van der Waals surface area contributed by atoms with E-state index < -0.39 is 15.8 Å². The quantitative estimate of drug-likeness (QED) is 0.700. The molecule has 1 N–H and O–H groups in total. The van der Waals surface area contributed by atoms with Gasteiger partial charge in [0, 0.05) is 6.04 Å². The highest BCUT2D eigenvalue weighted by molar-refractivity contribution is 7.91. The van der Waals surface area contributed by atoms with E-state index in [4.69, 9.17) is 0 Å². The molecule has 6 heteroatoms. The van der Waals surface area contributed by atoms with Crippen LogP contribution in [0.25, 0.3) is 0 Å². The van der Waals surface area contributed by atoms with Crippen molar-refractivity contribution in [2.24, 2.45) is 0 Å². The van der Waals surface area contributed by atoms with Crippen molar-refractivity contribution in [3.8, 4) is 0 Å². The normalized spacial score (nSPS) is 21.7. The molecule has 0 spiro atoms. The fourth-order valence-electron chi connectivity index (χ4n) is 1.80. The van der Waals surface area contributed by atoms with Gasteiger partial charge in [-0.05, 0) is 19.4 Å². The van der Waals surface area contributed by atoms with Crippen LogP contribution in [0.1, 0.15) is 25.7 Å². The van der Waals surface area contributed by atoms with Gasteiger partial charge in [0.25, 0.3) is 0 Å². The number of ether oxygens (including phenoxy) is 1. The van der Waals surface area contributed by atoms with Crippen LogP contribution in [0.3, 0.4) is 0 Å². The van der Waals surface area contributed by atoms with Gasteiger partial charge in [-0.25, -0.2) is 8.42 Å². The summed E-state index contributed by atoms with van der Waals surface area (Å²) < 4.78 is 27.8. The van der Waals surface area contributed by atoms with Gasteiger partial charge in [0.15, 0.2) is 9.84 Å². The van der Waals surface area contributed by atoms with E-state index in [0.29, 0.717) is 0 Å². The summed E-state index contributed by atoms with van der Waals surface area (Å²) in [5.74, 6) is -0.456. The highest BCUT2D eigenvalue weighted by atomic mass is 32.2. The summed E-state index contributed by atoms with van der Waals surface area (Å²) >= 11 is 0. The van der Waals surface area contributed by atoms with Crippen molar-refractivity contribution in [1.29, 1.82) is 0 Å². The summed E-state index contributed by atoms with van der Waals surface area (Å²) in [6.07, 6.45) is 3.03. The molecule has 0 unspecified atom stereocenters. The Morgan fingerprint density at radius 3 is 2.75 bits per heavy atom. The maximum Gasteiger partial charge on any atom is 0.306 e. The molecule has 0 aromatic rings. The number of sulfone groups is 1. The van der Waals surface area contributed by atoms with Crippen LogP contribution in [0.2, 0.25) is 0 Å². The lowest BCUT2D eigenvalue weighted by Crippen LogP contribution is -2.40. The predicted octanol–water partition coefficient (Wildman–Crippen LogP) is 0.106. The number of esters is 1. The van der Waals surface area contributed by atoms with Crippen molar-refractivity contribution >= 4 is 15.8 Å². The maximum atomic E-state index is 11.7. The summed E-state index contributed by atoms with van der Waals surface area (Å²) in [7, 11) is -1.89. The number of methoxy groups -OCH3 is 1. The number of carbonyl (C=O) groups excluding carboxylic acids is 1. The lowest BCUT2D eigenvalue weighted by molar-refractivity contribution is -0.140. The van der Waals surface area contributed by atoms with Crippen molar-refractivity contribution in [1.82, 2.24) is 5.32 Å². The van der Waals surface area contributed by atoms with E-state index in [9.17, 15) is 13.2 Å². The van der Waals surface area contributed by atoms with Crippen LogP contribution in [-0.4, -0.2) is 45.6 Å². The number of nitrogens with one attached hydrogen (secondary N) is 1. The fourth-order valence-corrected chi connectivity index (χ4v) is 3.34. The van der Waals surface area contributed by atoms with Crippen LogP contribution in [0.4, 0.5) is 0 Å². The van der Waals surface area contributed by atoms with Crippen LogP contribution in [0.5, 0.6) is 0 Å². The minimum Gasteiger partial charge on any atom is -0.469 e. The molecular weight excluding hydrogens is 230 g/mol. The molecule has 1 fully saturated rings. The average Bonchev–Trinajstić information content (AvgIpc) is 2.27. The Morgan fingerprint density at radius 1 is 1.44 bits per heavy atom. The van der Waals surface area contributed by atoms with Gasteiger partial charge in [-0.3, -0.25) is 4.79 Å². The molecule has 1 saturated heterocycles. The Morgan fingerprint density at radius 2 is 2.19 bits per heavy atom. The smallest absolute Gasteiger partial charge is 0.306 e. The SMILES string of the molecule is COC(=O)CCS(=O)(=O)C[C@H]1CCCCN1. The first-order valence-electron chi connectivity index (χ1n) is 5.54. The first kappa shape index (κ1) is 13.4. The van der Waals surface area contributed by atoms with Crippen LogP contribution < -0.4 is 5.32 Å². The Hall–Kier alpha value is -0.620. The molecule has 0 saturated carbocycles. The number of hydrogen-bond donors (Lipinski definition) is 1. The molecule has 94 valence electrons. The van der Waals surface area contributed by atoms with Crippen LogP contribution >= 0.6 is 0 Å². The molecule has 0 amide bonds. The summed E-state index contributed by atoms with van der Waals surface area (Å²) in [6.45, 7) is 0.886. The lowest BCUT2D eigenvalue weighted by atomic mass is 10.1. The van der Waals surface area contributed by atoms with E-state index in [1.54, 1.807) is 0 Å². The van der Waals surface area contributed by atoms with Gasteiger partial charge in [0.2, 0.25) is 0 Å². The summed E-state index contributed by atoms with van der Waals surface area (Å²) in [5.41, 5.74) is 0. The van der Waals surface area contributed by atoms with E-state index in [1.807, 2.05) is 0 Å². The highest BCUT2D eigenvalue weighted by Crippen LogP contribution is 2.10. The van der Waals surface area contributed by atoms with Crippen molar-refractivity contribution in [3.63, 3.8) is 0 Å². The monoisotopic (exact) mass is 249 g/mol. The molecule has 0 bridgehead atoms. The third-order valence-electron chi connectivity index (χ3n) is 2.71. The minimum absolute atomic E-state index is 0.0500. The van der Waals surface area contributed by atoms with Crippen molar-refractivity contribution < 1.29 is 17.9 Å². The first-order valence-corrected chi connectivity index (χ1v) is 7.36. The molecule has 1 aliphatic heterocycles. The van der Waals surface area contributed by atoms with Gasteiger partial charge in [0.1, 0.15) is 0 Å². The second-order valence-corrected chi connectivity index (χ2v) is 6.32. The van der Waals surface area contributed by atoms with E-state index in [0.717, 1.165) is 25.8 Å². The molecule has 0 radical (unpaired) electrons. The Labute approximate surface area is 96.5 Å². The molecule has 1 aliphatic rings. The van der Waals surface area contributed by atoms with E-state index in [1.165, 1.54) is 7.11 Å². The van der Waals surface area contributed by atoms with E-state index >= 15 is 0 Å². The van der Waals surface area contributed by atoms with Crippen molar-refractivity contribution in [2.45, 2.75) is 31.7 Å². The zero-order valence-electron chi connectivity index (χ0n) is 9.57.